The normalized spacial score (nSPS) is 10.9. The standard InChI is InChI=1S/C16H19N3O2.C4H6O5/c1-3-15(20)21-10-9-17-16-12(2)11-14(18-19-16)13-7-5-4-6-8-13;5-2(4(8)9)1-3(6)7/h4-8,11H,3,9-10H2,1-2H3,(H,17,19);2,5H,1H2,(H,6,7)(H,8,9). The number of nitrogens with zero attached hydrogens (tertiary/aromatic N) is 2. The van der Waals surface area contributed by atoms with Crippen LogP contribution in [-0.4, -0.2) is 62.7 Å². The maximum Gasteiger partial charge on any atom is 0.333 e. The molecule has 162 valence electrons. The minimum absolute atomic E-state index is 0.195. The van der Waals surface area contributed by atoms with Crippen molar-refractivity contribution in [2.45, 2.75) is 32.8 Å². The van der Waals surface area contributed by atoms with E-state index in [1.807, 2.05) is 43.3 Å². The molecule has 0 bridgehead atoms. The van der Waals surface area contributed by atoms with Crippen LogP contribution in [0.2, 0.25) is 0 Å². The summed E-state index contributed by atoms with van der Waals surface area (Å²) >= 11 is 0. The largest absolute Gasteiger partial charge is 0.481 e. The van der Waals surface area contributed by atoms with Crippen LogP contribution in [0.4, 0.5) is 5.82 Å². The van der Waals surface area contributed by atoms with Crippen LogP contribution in [0.3, 0.4) is 0 Å². The molecular formula is C20H25N3O7. The van der Waals surface area contributed by atoms with E-state index in [0.717, 1.165) is 16.8 Å². The van der Waals surface area contributed by atoms with E-state index in [1.54, 1.807) is 6.92 Å². The Kier molecular flexibility index (Phi) is 10.5. The molecule has 2 rings (SSSR count). The Morgan fingerprint density at radius 3 is 2.30 bits per heavy atom. The summed E-state index contributed by atoms with van der Waals surface area (Å²) in [6.45, 7) is 4.59. The third-order valence-electron chi connectivity index (χ3n) is 3.65. The van der Waals surface area contributed by atoms with Crippen molar-refractivity contribution in [1.82, 2.24) is 10.2 Å². The summed E-state index contributed by atoms with van der Waals surface area (Å²) in [4.78, 5) is 30.4. The van der Waals surface area contributed by atoms with E-state index in [-0.39, 0.29) is 5.97 Å². The molecule has 0 aliphatic rings. The molecule has 0 radical (unpaired) electrons. The van der Waals surface area contributed by atoms with Crippen molar-refractivity contribution in [2.75, 3.05) is 18.5 Å². The highest BCUT2D eigenvalue weighted by atomic mass is 16.5. The van der Waals surface area contributed by atoms with Crippen LogP contribution in [0, 0.1) is 6.92 Å². The summed E-state index contributed by atoms with van der Waals surface area (Å²) < 4.78 is 5.00. The third-order valence-corrected chi connectivity index (χ3v) is 3.65. The van der Waals surface area contributed by atoms with Gasteiger partial charge in [0.15, 0.2) is 11.9 Å². The van der Waals surface area contributed by atoms with Crippen LogP contribution in [0.15, 0.2) is 36.4 Å². The van der Waals surface area contributed by atoms with Crippen LogP contribution >= 0.6 is 0 Å². The molecule has 30 heavy (non-hydrogen) atoms. The molecule has 1 unspecified atom stereocenters. The molecule has 1 aromatic carbocycles. The molecule has 4 N–H and O–H groups in total. The summed E-state index contributed by atoms with van der Waals surface area (Å²) in [5.41, 5.74) is 2.89. The summed E-state index contributed by atoms with van der Waals surface area (Å²) in [7, 11) is 0. The average Bonchev–Trinajstić information content (AvgIpc) is 2.72. The van der Waals surface area contributed by atoms with Gasteiger partial charge in [-0.3, -0.25) is 9.59 Å². The van der Waals surface area contributed by atoms with Gasteiger partial charge in [0.05, 0.1) is 18.7 Å². The highest BCUT2D eigenvalue weighted by Crippen LogP contribution is 2.19. The van der Waals surface area contributed by atoms with Crippen molar-refractivity contribution in [3.05, 3.63) is 42.0 Å². The number of aromatic nitrogens is 2. The number of rotatable bonds is 9. The molecule has 0 fully saturated rings. The molecule has 1 atom stereocenters. The molecule has 2 aromatic rings. The number of benzene rings is 1. The lowest BCUT2D eigenvalue weighted by Crippen LogP contribution is -2.22. The number of anilines is 1. The van der Waals surface area contributed by atoms with E-state index in [9.17, 15) is 14.4 Å². The zero-order valence-corrected chi connectivity index (χ0v) is 16.7. The monoisotopic (exact) mass is 419 g/mol. The van der Waals surface area contributed by atoms with Crippen LogP contribution in [0.5, 0.6) is 0 Å². The number of esters is 1. The van der Waals surface area contributed by atoms with Crippen LogP contribution in [-0.2, 0) is 19.1 Å². The number of carboxylic acids is 2. The first kappa shape index (κ1) is 24.5. The molecule has 0 saturated heterocycles. The molecule has 10 nitrogen and oxygen atoms in total. The predicted molar refractivity (Wildman–Crippen MR) is 108 cm³/mol. The molecule has 0 amide bonds. The van der Waals surface area contributed by atoms with Gasteiger partial charge in [0, 0.05) is 12.0 Å². The fraction of sp³-hybridized carbons (Fsp3) is 0.350. The molecule has 10 heteroatoms. The topological polar surface area (TPSA) is 159 Å². The van der Waals surface area contributed by atoms with E-state index >= 15 is 0 Å². The predicted octanol–water partition coefficient (Wildman–Crippen LogP) is 1.72. The zero-order valence-electron chi connectivity index (χ0n) is 16.7. The van der Waals surface area contributed by atoms with Gasteiger partial charge >= 0.3 is 17.9 Å². The van der Waals surface area contributed by atoms with Crippen molar-refractivity contribution in [3.63, 3.8) is 0 Å². The minimum atomic E-state index is -1.79. The Bertz CT molecular complexity index is 844. The number of aliphatic hydroxyl groups is 1. The smallest absolute Gasteiger partial charge is 0.333 e. The Labute approximate surface area is 173 Å². The van der Waals surface area contributed by atoms with Crippen molar-refractivity contribution in [1.29, 1.82) is 0 Å². The lowest BCUT2D eigenvalue weighted by Gasteiger charge is -2.09. The van der Waals surface area contributed by atoms with E-state index in [0.29, 0.717) is 25.4 Å². The molecular weight excluding hydrogens is 394 g/mol. The van der Waals surface area contributed by atoms with Gasteiger partial charge in [-0.1, -0.05) is 37.3 Å². The fourth-order valence-corrected chi connectivity index (χ4v) is 2.10. The SMILES string of the molecule is CCC(=O)OCCNc1nnc(-c2ccccc2)cc1C.O=C(O)CC(O)C(=O)O. The summed E-state index contributed by atoms with van der Waals surface area (Å²) in [5.74, 6) is -2.33. The van der Waals surface area contributed by atoms with E-state index in [1.165, 1.54) is 0 Å². The van der Waals surface area contributed by atoms with E-state index in [4.69, 9.17) is 20.1 Å². The van der Waals surface area contributed by atoms with Gasteiger partial charge in [0.1, 0.15) is 6.61 Å². The van der Waals surface area contributed by atoms with Gasteiger partial charge < -0.3 is 25.4 Å². The van der Waals surface area contributed by atoms with E-state index in [2.05, 4.69) is 15.5 Å². The number of aliphatic hydroxyl groups excluding tert-OH is 1. The zero-order chi connectivity index (χ0) is 22.5. The van der Waals surface area contributed by atoms with E-state index < -0.39 is 24.5 Å². The van der Waals surface area contributed by atoms with Crippen molar-refractivity contribution in [2.24, 2.45) is 0 Å². The fourth-order valence-electron chi connectivity index (χ4n) is 2.10. The number of hydrogen-bond acceptors (Lipinski definition) is 8. The van der Waals surface area contributed by atoms with Crippen LogP contribution in [0.1, 0.15) is 25.3 Å². The highest BCUT2D eigenvalue weighted by molar-refractivity contribution is 5.79. The second-order valence-corrected chi connectivity index (χ2v) is 6.08. The second kappa shape index (κ2) is 12.8. The third kappa shape index (κ3) is 9.11. The quantitative estimate of drug-likeness (QED) is 0.348. The number of aryl methyl sites for hydroxylation is 1. The van der Waals surface area contributed by atoms with Crippen LogP contribution in [0.25, 0.3) is 11.3 Å². The maximum absolute atomic E-state index is 11.0. The Morgan fingerprint density at radius 1 is 1.13 bits per heavy atom. The molecule has 1 heterocycles. The minimum Gasteiger partial charge on any atom is -0.481 e. The van der Waals surface area contributed by atoms with Gasteiger partial charge in [0.2, 0.25) is 0 Å². The number of ether oxygens (including phenoxy) is 1. The Balaban J connectivity index is 0.000000424. The number of nitrogens with one attached hydrogen (secondary N) is 1. The molecule has 0 spiro atoms. The summed E-state index contributed by atoms with van der Waals surface area (Å²) in [6, 6.07) is 11.9. The Hall–Kier alpha value is -3.53. The number of carbonyl (C=O) groups is 3. The summed E-state index contributed by atoms with van der Waals surface area (Å²) in [6.07, 6.45) is -2.15. The van der Waals surface area contributed by atoms with Gasteiger partial charge in [-0.2, -0.15) is 0 Å². The second-order valence-electron chi connectivity index (χ2n) is 6.08. The number of carbonyl (C=O) groups excluding carboxylic acids is 1. The van der Waals surface area contributed by atoms with Crippen molar-refractivity contribution < 1.29 is 34.4 Å². The first-order chi connectivity index (χ1) is 14.2. The van der Waals surface area contributed by atoms with Gasteiger partial charge in [0.25, 0.3) is 0 Å². The van der Waals surface area contributed by atoms with Crippen LogP contribution < -0.4 is 5.32 Å². The van der Waals surface area contributed by atoms with Gasteiger partial charge in [-0.25, -0.2) is 4.79 Å². The first-order valence-electron chi connectivity index (χ1n) is 9.16. The molecule has 1 aromatic heterocycles. The molecule has 0 aliphatic carbocycles. The molecule has 0 saturated carbocycles. The highest BCUT2D eigenvalue weighted by Gasteiger charge is 2.16. The van der Waals surface area contributed by atoms with Crippen molar-refractivity contribution >= 4 is 23.7 Å². The van der Waals surface area contributed by atoms with Crippen molar-refractivity contribution in [3.8, 4) is 11.3 Å². The lowest BCUT2D eigenvalue weighted by atomic mass is 10.1. The van der Waals surface area contributed by atoms with Gasteiger partial charge in [-0.05, 0) is 18.6 Å². The number of aliphatic carboxylic acids is 2. The maximum atomic E-state index is 11.0. The van der Waals surface area contributed by atoms with Gasteiger partial charge in [-0.15, -0.1) is 10.2 Å². The Morgan fingerprint density at radius 2 is 1.80 bits per heavy atom. The summed E-state index contributed by atoms with van der Waals surface area (Å²) in [5, 5.41) is 35.7. The number of carboxylic acid groups (broad SMARTS) is 2. The number of hydrogen-bond donors (Lipinski definition) is 4. The lowest BCUT2D eigenvalue weighted by molar-refractivity contribution is -0.152. The molecule has 0 aliphatic heterocycles. The first-order valence-corrected chi connectivity index (χ1v) is 9.16. The average molecular weight is 419 g/mol.